The lowest BCUT2D eigenvalue weighted by Crippen LogP contribution is -1.93. The van der Waals surface area contributed by atoms with E-state index in [1.54, 1.807) is 0 Å². The van der Waals surface area contributed by atoms with Crippen LogP contribution in [0.4, 0.5) is 0 Å². The molecule has 13 aromatic rings. The lowest BCUT2D eigenvalue weighted by atomic mass is 9.97. The third-order valence-electron chi connectivity index (χ3n) is 12.4. The fourth-order valence-corrected chi connectivity index (χ4v) is 9.69. The summed E-state index contributed by atoms with van der Waals surface area (Å²) in [4.78, 5) is 7.37. The zero-order valence-corrected chi connectivity index (χ0v) is 31.4. The molecule has 4 heteroatoms. The van der Waals surface area contributed by atoms with Crippen molar-refractivity contribution in [1.29, 1.82) is 0 Å². The summed E-state index contributed by atoms with van der Waals surface area (Å²) in [6.07, 6.45) is 0. The van der Waals surface area contributed by atoms with Gasteiger partial charge in [-0.15, -0.1) is 0 Å². The summed E-state index contributed by atoms with van der Waals surface area (Å²) in [6, 6.07) is 71.0. The summed E-state index contributed by atoms with van der Waals surface area (Å²) in [6.45, 7) is 0. The van der Waals surface area contributed by atoms with E-state index in [1.165, 1.54) is 87.4 Å². The minimum atomic E-state index is 1.14. The fourth-order valence-electron chi connectivity index (χ4n) is 9.69. The molecular weight excluding hydrogens is 705 g/mol. The Labute approximate surface area is 332 Å². The molecule has 0 fully saturated rings. The minimum Gasteiger partial charge on any atom is -0.355 e. The molecule has 0 saturated carbocycles. The Morgan fingerprint density at radius 1 is 0.241 bits per heavy atom. The number of benzene rings is 9. The predicted octanol–water partition coefficient (Wildman–Crippen LogP) is 14.5. The van der Waals surface area contributed by atoms with Crippen LogP contribution in [0.5, 0.6) is 0 Å². The second-order valence-electron chi connectivity index (χ2n) is 15.6. The number of hydrogen-bond donors (Lipinski definition) is 2. The molecule has 0 amide bonds. The van der Waals surface area contributed by atoms with Crippen molar-refractivity contribution in [3.8, 4) is 33.6 Å². The first-order valence-electron chi connectivity index (χ1n) is 19.9. The summed E-state index contributed by atoms with van der Waals surface area (Å²) >= 11 is 0. The van der Waals surface area contributed by atoms with E-state index in [0.29, 0.717) is 0 Å². The monoisotopic (exact) mass is 738 g/mol. The first-order chi connectivity index (χ1) is 28.7. The van der Waals surface area contributed by atoms with Crippen LogP contribution in [0.2, 0.25) is 0 Å². The number of aromatic amines is 2. The predicted molar refractivity (Wildman–Crippen MR) is 245 cm³/mol. The van der Waals surface area contributed by atoms with Gasteiger partial charge in [0.25, 0.3) is 0 Å². The molecule has 4 nitrogen and oxygen atoms in total. The molecule has 0 bridgehead atoms. The maximum atomic E-state index is 3.69. The smallest absolute Gasteiger partial charge is 0.0541 e. The van der Waals surface area contributed by atoms with Crippen LogP contribution in [-0.2, 0) is 0 Å². The van der Waals surface area contributed by atoms with Crippen LogP contribution in [0, 0.1) is 0 Å². The number of rotatable bonds is 4. The van der Waals surface area contributed by atoms with Gasteiger partial charge in [-0.3, -0.25) is 0 Å². The average molecular weight is 739 g/mol. The second-order valence-corrected chi connectivity index (χ2v) is 15.6. The third-order valence-corrected chi connectivity index (χ3v) is 12.4. The van der Waals surface area contributed by atoms with Crippen LogP contribution < -0.4 is 0 Å². The van der Waals surface area contributed by atoms with Gasteiger partial charge in [0.05, 0.1) is 22.1 Å². The van der Waals surface area contributed by atoms with Crippen molar-refractivity contribution >= 4 is 87.2 Å². The molecule has 0 spiro atoms. The molecule has 0 saturated heterocycles. The van der Waals surface area contributed by atoms with Crippen LogP contribution in [-0.4, -0.2) is 19.1 Å². The Morgan fingerprint density at radius 2 is 0.569 bits per heavy atom. The number of aromatic nitrogens is 4. The maximum absolute atomic E-state index is 3.69. The minimum absolute atomic E-state index is 1.14. The van der Waals surface area contributed by atoms with Gasteiger partial charge in [0.15, 0.2) is 0 Å². The lowest BCUT2D eigenvalue weighted by molar-refractivity contribution is 1.19. The molecule has 0 aliphatic heterocycles. The van der Waals surface area contributed by atoms with Crippen LogP contribution >= 0.6 is 0 Å². The van der Waals surface area contributed by atoms with Gasteiger partial charge < -0.3 is 19.1 Å². The van der Waals surface area contributed by atoms with E-state index < -0.39 is 0 Å². The Hall–Kier alpha value is -7.82. The number of fused-ring (bicyclic) bond motifs is 12. The highest BCUT2D eigenvalue weighted by Gasteiger charge is 2.16. The summed E-state index contributed by atoms with van der Waals surface area (Å²) in [5.41, 5.74) is 16.5. The molecule has 4 heterocycles. The highest BCUT2D eigenvalue weighted by Crippen LogP contribution is 2.38. The van der Waals surface area contributed by atoms with Crippen molar-refractivity contribution in [1.82, 2.24) is 19.1 Å². The quantitative estimate of drug-likeness (QED) is 0.181. The Morgan fingerprint density at radius 3 is 0.966 bits per heavy atom. The summed E-state index contributed by atoms with van der Waals surface area (Å²) < 4.78 is 4.79. The highest BCUT2D eigenvalue weighted by molar-refractivity contribution is 6.13. The lowest BCUT2D eigenvalue weighted by Gasteiger charge is -2.09. The zero-order chi connectivity index (χ0) is 37.9. The van der Waals surface area contributed by atoms with Gasteiger partial charge in [0.2, 0.25) is 0 Å². The standard InChI is InChI=1S/C54H34N4/c1-5-16-51-39(12-1)40-13-2-6-17-52(40)57(51)37-22-26-49-45(31-37)43-29-35(20-24-47(43)55-49)33-10-9-11-34(28-33)36-21-25-48-44(30-36)46-32-38(23-27-50(46)56-48)58-53-18-7-3-14-41(53)42-15-4-8-19-54(42)58/h1-32,55-56H. The number of nitrogens with one attached hydrogen (secondary N) is 2. The molecule has 0 radical (unpaired) electrons. The SMILES string of the molecule is c1cc(-c2ccc3[nH]c4ccc(-n5c6ccccc6c6ccccc65)cc4c3c2)cc(-c2ccc3[nH]c4ccc(-n5c6ccccc6c6ccccc65)cc4c3c2)c1. The topological polar surface area (TPSA) is 41.4 Å². The van der Waals surface area contributed by atoms with Gasteiger partial charge >= 0.3 is 0 Å². The largest absolute Gasteiger partial charge is 0.355 e. The number of H-pyrrole nitrogens is 2. The molecule has 9 aromatic carbocycles. The van der Waals surface area contributed by atoms with E-state index in [1.807, 2.05) is 0 Å². The normalized spacial score (nSPS) is 12.1. The van der Waals surface area contributed by atoms with E-state index >= 15 is 0 Å². The Balaban J connectivity index is 0.909. The van der Waals surface area contributed by atoms with Crippen LogP contribution in [0.3, 0.4) is 0 Å². The van der Waals surface area contributed by atoms with Crippen molar-refractivity contribution < 1.29 is 0 Å². The molecule has 13 rings (SSSR count). The van der Waals surface area contributed by atoms with Crippen LogP contribution in [0.25, 0.3) is 121 Å². The van der Waals surface area contributed by atoms with Crippen molar-refractivity contribution in [2.24, 2.45) is 0 Å². The first kappa shape index (κ1) is 31.4. The second kappa shape index (κ2) is 11.8. The van der Waals surface area contributed by atoms with E-state index in [4.69, 9.17) is 0 Å². The van der Waals surface area contributed by atoms with E-state index in [9.17, 15) is 0 Å². The summed E-state index contributed by atoms with van der Waals surface area (Å²) in [5.74, 6) is 0. The average Bonchev–Trinajstić information content (AvgIpc) is 4.03. The van der Waals surface area contributed by atoms with E-state index in [2.05, 4.69) is 213 Å². The Bertz CT molecular complexity index is 3460. The molecule has 58 heavy (non-hydrogen) atoms. The van der Waals surface area contributed by atoms with Gasteiger partial charge in [-0.2, -0.15) is 0 Å². The Kier molecular flexibility index (Phi) is 6.41. The van der Waals surface area contributed by atoms with Crippen molar-refractivity contribution in [2.45, 2.75) is 0 Å². The fraction of sp³-hybridized carbons (Fsp3) is 0. The molecular formula is C54H34N4. The van der Waals surface area contributed by atoms with Crippen molar-refractivity contribution in [3.63, 3.8) is 0 Å². The maximum Gasteiger partial charge on any atom is 0.0541 e. The molecule has 2 N–H and O–H groups in total. The molecule has 4 aromatic heterocycles. The van der Waals surface area contributed by atoms with E-state index in [0.717, 1.165) is 33.4 Å². The van der Waals surface area contributed by atoms with Crippen LogP contribution in [0.1, 0.15) is 0 Å². The first-order valence-corrected chi connectivity index (χ1v) is 19.9. The van der Waals surface area contributed by atoms with Gasteiger partial charge in [0, 0.05) is 76.5 Å². The zero-order valence-electron chi connectivity index (χ0n) is 31.4. The molecule has 0 atom stereocenters. The number of para-hydroxylation sites is 4. The molecule has 0 aliphatic rings. The molecule has 0 aliphatic carbocycles. The van der Waals surface area contributed by atoms with Gasteiger partial charge in [-0.25, -0.2) is 0 Å². The number of nitrogens with zero attached hydrogens (tertiary/aromatic N) is 2. The highest BCUT2D eigenvalue weighted by atomic mass is 15.0. The third kappa shape index (κ3) is 4.51. The van der Waals surface area contributed by atoms with Gasteiger partial charge in [-0.1, -0.05) is 103 Å². The van der Waals surface area contributed by atoms with Gasteiger partial charge in [0.1, 0.15) is 0 Å². The van der Waals surface area contributed by atoms with Crippen molar-refractivity contribution in [3.05, 3.63) is 194 Å². The van der Waals surface area contributed by atoms with Crippen LogP contribution in [0.15, 0.2) is 194 Å². The molecule has 0 unspecified atom stereocenters. The number of hydrogen-bond acceptors (Lipinski definition) is 0. The summed E-state index contributed by atoms with van der Waals surface area (Å²) in [7, 11) is 0. The van der Waals surface area contributed by atoms with Crippen molar-refractivity contribution in [2.75, 3.05) is 0 Å². The summed E-state index contributed by atoms with van der Waals surface area (Å²) in [5, 5.41) is 9.97. The molecule has 270 valence electrons. The van der Waals surface area contributed by atoms with Gasteiger partial charge in [-0.05, 0) is 113 Å². The van der Waals surface area contributed by atoms with E-state index in [-0.39, 0.29) is 0 Å².